The van der Waals surface area contributed by atoms with Crippen molar-refractivity contribution in [3.05, 3.63) is 33.8 Å². The number of piperazine rings is 1. The molecule has 1 amide bonds. The minimum atomic E-state index is 0.160. The lowest BCUT2D eigenvalue weighted by molar-refractivity contribution is 0.0576. The fourth-order valence-electron chi connectivity index (χ4n) is 2.69. The largest absolute Gasteiger partial charge is 0.333 e. The van der Waals surface area contributed by atoms with E-state index in [0.29, 0.717) is 12.1 Å². The molecule has 110 valence electrons. The minimum Gasteiger partial charge on any atom is -0.333 e. The van der Waals surface area contributed by atoms with E-state index in [-0.39, 0.29) is 5.91 Å². The van der Waals surface area contributed by atoms with Crippen LogP contribution < -0.4 is 5.32 Å². The van der Waals surface area contributed by atoms with Crippen LogP contribution >= 0.6 is 15.9 Å². The minimum absolute atomic E-state index is 0.160. The van der Waals surface area contributed by atoms with Gasteiger partial charge in [-0.2, -0.15) is 0 Å². The molecule has 0 saturated carbocycles. The van der Waals surface area contributed by atoms with E-state index in [0.717, 1.165) is 41.5 Å². The van der Waals surface area contributed by atoms with Gasteiger partial charge in [0.1, 0.15) is 0 Å². The molecule has 1 aromatic rings. The van der Waals surface area contributed by atoms with Crippen LogP contribution in [0.1, 0.15) is 42.6 Å². The van der Waals surface area contributed by atoms with Crippen molar-refractivity contribution in [2.24, 2.45) is 0 Å². The Hall–Kier alpha value is -0.870. The smallest absolute Gasteiger partial charge is 0.254 e. The van der Waals surface area contributed by atoms with Gasteiger partial charge in [0, 0.05) is 35.2 Å². The van der Waals surface area contributed by atoms with Gasteiger partial charge in [0.05, 0.1) is 0 Å². The summed E-state index contributed by atoms with van der Waals surface area (Å²) >= 11 is 3.49. The van der Waals surface area contributed by atoms with Crippen molar-refractivity contribution in [1.82, 2.24) is 10.2 Å². The summed E-state index contributed by atoms with van der Waals surface area (Å²) in [6, 6.07) is 6.56. The maximum atomic E-state index is 12.8. The van der Waals surface area contributed by atoms with Gasteiger partial charge in [0.15, 0.2) is 0 Å². The first-order chi connectivity index (χ1) is 9.56. The first-order valence-electron chi connectivity index (χ1n) is 7.37. The van der Waals surface area contributed by atoms with E-state index in [2.05, 4.69) is 35.1 Å². The predicted molar refractivity (Wildman–Crippen MR) is 86.1 cm³/mol. The molecule has 1 N–H and O–H groups in total. The molecule has 0 aromatic heterocycles. The monoisotopic (exact) mass is 338 g/mol. The Kier molecular flexibility index (Phi) is 5.22. The van der Waals surface area contributed by atoms with Crippen LogP contribution in [0, 0.1) is 6.92 Å². The second kappa shape index (κ2) is 6.72. The number of aryl methyl sites for hydroxylation is 1. The fraction of sp³-hybridized carbons (Fsp3) is 0.562. The van der Waals surface area contributed by atoms with Crippen LogP contribution in [-0.4, -0.2) is 36.0 Å². The van der Waals surface area contributed by atoms with Crippen LogP contribution in [0.2, 0.25) is 0 Å². The van der Waals surface area contributed by atoms with E-state index in [1.54, 1.807) is 0 Å². The zero-order valence-corrected chi connectivity index (χ0v) is 14.0. The highest BCUT2D eigenvalue weighted by atomic mass is 79.9. The first-order valence-corrected chi connectivity index (χ1v) is 8.16. The predicted octanol–water partition coefficient (Wildman–Crippen LogP) is 3.36. The van der Waals surface area contributed by atoms with Crippen LogP contribution in [-0.2, 0) is 0 Å². The molecule has 4 heteroatoms. The molecule has 1 fully saturated rings. The van der Waals surface area contributed by atoms with Gasteiger partial charge in [-0.1, -0.05) is 29.8 Å². The van der Waals surface area contributed by atoms with Crippen molar-refractivity contribution in [2.45, 2.75) is 45.7 Å². The number of halogens is 1. The third-order valence-electron chi connectivity index (χ3n) is 4.13. The van der Waals surface area contributed by atoms with Crippen molar-refractivity contribution < 1.29 is 4.79 Å². The molecule has 20 heavy (non-hydrogen) atoms. The van der Waals surface area contributed by atoms with Crippen molar-refractivity contribution in [1.29, 1.82) is 0 Å². The van der Waals surface area contributed by atoms with Crippen molar-refractivity contribution in [2.75, 3.05) is 13.1 Å². The Morgan fingerprint density at radius 3 is 2.75 bits per heavy atom. The second-order valence-electron chi connectivity index (χ2n) is 5.50. The van der Waals surface area contributed by atoms with Crippen LogP contribution in [0.5, 0.6) is 0 Å². The van der Waals surface area contributed by atoms with Gasteiger partial charge >= 0.3 is 0 Å². The Morgan fingerprint density at radius 2 is 2.15 bits per heavy atom. The SMILES string of the molecule is CCC1CN(C(=O)c2ccc(Br)c(C)c2)C(CC)CN1. The van der Waals surface area contributed by atoms with E-state index in [1.807, 2.05) is 30.0 Å². The summed E-state index contributed by atoms with van der Waals surface area (Å²) in [6.45, 7) is 8.03. The molecule has 0 radical (unpaired) electrons. The molecule has 1 aliphatic rings. The maximum absolute atomic E-state index is 12.8. The van der Waals surface area contributed by atoms with Crippen LogP contribution in [0.3, 0.4) is 0 Å². The molecule has 1 saturated heterocycles. The molecule has 0 bridgehead atoms. The average Bonchev–Trinajstić information content (AvgIpc) is 2.48. The van der Waals surface area contributed by atoms with E-state index < -0.39 is 0 Å². The topological polar surface area (TPSA) is 32.3 Å². The van der Waals surface area contributed by atoms with Crippen molar-refractivity contribution in [3.8, 4) is 0 Å². The summed E-state index contributed by atoms with van der Waals surface area (Å²) in [4.78, 5) is 14.8. The van der Waals surface area contributed by atoms with Gasteiger partial charge in [-0.25, -0.2) is 0 Å². The Morgan fingerprint density at radius 1 is 1.40 bits per heavy atom. The highest BCUT2D eigenvalue weighted by Crippen LogP contribution is 2.21. The number of hydrogen-bond donors (Lipinski definition) is 1. The summed E-state index contributed by atoms with van der Waals surface area (Å²) in [5.74, 6) is 0.160. The summed E-state index contributed by atoms with van der Waals surface area (Å²) < 4.78 is 1.05. The quantitative estimate of drug-likeness (QED) is 0.916. The highest BCUT2D eigenvalue weighted by Gasteiger charge is 2.30. The van der Waals surface area contributed by atoms with E-state index in [1.165, 1.54) is 0 Å². The Labute approximate surface area is 129 Å². The lowest BCUT2D eigenvalue weighted by Gasteiger charge is -2.40. The van der Waals surface area contributed by atoms with E-state index >= 15 is 0 Å². The van der Waals surface area contributed by atoms with Gasteiger partial charge in [-0.3, -0.25) is 4.79 Å². The fourth-order valence-corrected chi connectivity index (χ4v) is 2.94. The van der Waals surface area contributed by atoms with Crippen LogP contribution in [0.25, 0.3) is 0 Å². The van der Waals surface area contributed by atoms with Gasteiger partial charge in [0.2, 0.25) is 0 Å². The number of carbonyl (C=O) groups excluding carboxylic acids is 1. The molecule has 3 nitrogen and oxygen atoms in total. The summed E-state index contributed by atoms with van der Waals surface area (Å²) in [7, 11) is 0. The highest BCUT2D eigenvalue weighted by molar-refractivity contribution is 9.10. The molecule has 2 atom stereocenters. The molecular weight excluding hydrogens is 316 g/mol. The number of amides is 1. The number of carbonyl (C=O) groups is 1. The maximum Gasteiger partial charge on any atom is 0.254 e. The molecule has 0 aliphatic carbocycles. The molecule has 1 aliphatic heterocycles. The number of hydrogen-bond acceptors (Lipinski definition) is 2. The second-order valence-corrected chi connectivity index (χ2v) is 6.35. The number of rotatable bonds is 3. The normalized spacial score (nSPS) is 22.9. The van der Waals surface area contributed by atoms with E-state index in [9.17, 15) is 4.79 Å². The number of nitrogens with one attached hydrogen (secondary N) is 1. The lowest BCUT2D eigenvalue weighted by Crippen LogP contribution is -2.57. The van der Waals surface area contributed by atoms with Crippen molar-refractivity contribution >= 4 is 21.8 Å². The van der Waals surface area contributed by atoms with Gasteiger partial charge < -0.3 is 10.2 Å². The molecule has 2 rings (SSSR count). The number of benzene rings is 1. The Bertz CT molecular complexity index is 489. The molecule has 1 aromatic carbocycles. The lowest BCUT2D eigenvalue weighted by atomic mass is 10.0. The zero-order chi connectivity index (χ0) is 14.7. The summed E-state index contributed by atoms with van der Waals surface area (Å²) in [5.41, 5.74) is 1.90. The van der Waals surface area contributed by atoms with Gasteiger partial charge in [-0.05, 0) is 43.5 Å². The molecular formula is C16H23BrN2O. The summed E-state index contributed by atoms with van der Waals surface area (Å²) in [6.07, 6.45) is 2.05. The standard InChI is InChI=1S/C16H23BrN2O/c1-4-13-10-19(14(5-2)9-18-13)16(20)12-6-7-15(17)11(3)8-12/h6-8,13-14,18H,4-5,9-10H2,1-3H3. The van der Waals surface area contributed by atoms with Crippen LogP contribution in [0.15, 0.2) is 22.7 Å². The molecule has 1 heterocycles. The Balaban J connectivity index is 2.22. The summed E-state index contributed by atoms with van der Waals surface area (Å²) in [5, 5.41) is 3.53. The molecule has 2 unspecified atom stereocenters. The zero-order valence-electron chi connectivity index (χ0n) is 12.4. The van der Waals surface area contributed by atoms with Gasteiger partial charge in [0.25, 0.3) is 5.91 Å². The molecule has 0 spiro atoms. The third-order valence-corrected chi connectivity index (χ3v) is 5.02. The van der Waals surface area contributed by atoms with Gasteiger partial charge in [-0.15, -0.1) is 0 Å². The number of nitrogens with zero attached hydrogens (tertiary/aromatic N) is 1. The third kappa shape index (κ3) is 3.23. The average molecular weight is 339 g/mol. The van der Waals surface area contributed by atoms with Crippen LogP contribution in [0.4, 0.5) is 0 Å². The van der Waals surface area contributed by atoms with Crippen molar-refractivity contribution in [3.63, 3.8) is 0 Å². The first kappa shape index (κ1) is 15.5. The van der Waals surface area contributed by atoms with E-state index in [4.69, 9.17) is 0 Å².